The van der Waals surface area contributed by atoms with Crippen LogP contribution in [0.2, 0.25) is 0 Å². The maximum absolute atomic E-state index is 12.6. The van der Waals surface area contributed by atoms with Gasteiger partial charge >= 0.3 is 0 Å². The number of anilines is 1. The van der Waals surface area contributed by atoms with Crippen LogP contribution in [0.1, 0.15) is 30.1 Å². The molecule has 1 saturated heterocycles. The van der Waals surface area contributed by atoms with Crippen molar-refractivity contribution in [1.82, 2.24) is 4.72 Å². The lowest BCUT2D eigenvalue weighted by Crippen LogP contribution is -2.37. The molecule has 2 aliphatic rings. The Balaban J connectivity index is 1.43. The Morgan fingerprint density at radius 3 is 2.63 bits per heavy atom. The van der Waals surface area contributed by atoms with Crippen molar-refractivity contribution in [2.24, 2.45) is 0 Å². The van der Waals surface area contributed by atoms with Gasteiger partial charge in [-0.3, -0.25) is 4.31 Å². The molecule has 2 aliphatic heterocycles. The molecular formula is C20H24N2O6S2. The minimum absolute atomic E-state index is 0.00945. The first-order valence-corrected chi connectivity index (χ1v) is 12.9. The van der Waals surface area contributed by atoms with Crippen LogP contribution >= 0.6 is 0 Å². The van der Waals surface area contributed by atoms with Crippen molar-refractivity contribution in [3.63, 3.8) is 0 Å². The third-order valence-electron chi connectivity index (χ3n) is 5.35. The Kier molecular flexibility index (Phi) is 5.75. The first-order valence-electron chi connectivity index (χ1n) is 9.80. The van der Waals surface area contributed by atoms with Crippen LogP contribution in [-0.2, 0) is 26.5 Å². The van der Waals surface area contributed by atoms with Crippen LogP contribution < -0.4 is 13.8 Å². The van der Waals surface area contributed by atoms with Gasteiger partial charge in [0.05, 0.1) is 29.0 Å². The summed E-state index contributed by atoms with van der Waals surface area (Å²) in [7, 11) is -7.21. The lowest BCUT2D eigenvalue weighted by Gasteiger charge is -2.28. The van der Waals surface area contributed by atoms with E-state index in [1.165, 1.54) is 28.6 Å². The molecule has 0 aromatic heterocycles. The second-order valence-electron chi connectivity index (χ2n) is 7.42. The molecule has 162 valence electrons. The Morgan fingerprint density at radius 1 is 1.13 bits per heavy atom. The van der Waals surface area contributed by atoms with E-state index >= 15 is 0 Å². The van der Waals surface area contributed by atoms with E-state index < -0.39 is 26.2 Å². The van der Waals surface area contributed by atoms with Crippen molar-refractivity contribution in [2.75, 3.05) is 29.8 Å². The SMILES string of the molecule is O=S(=O)(NCC(O)c1ccc2c(c1)CCO2)c1ccc(N2CCCCS2(=O)=O)cc1. The summed E-state index contributed by atoms with van der Waals surface area (Å²) in [4.78, 5) is 0.00945. The largest absolute Gasteiger partial charge is 0.493 e. The highest BCUT2D eigenvalue weighted by atomic mass is 32.2. The summed E-state index contributed by atoms with van der Waals surface area (Å²) in [5, 5.41) is 10.4. The number of nitrogens with one attached hydrogen (secondary N) is 1. The molecular weight excluding hydrogens is 428 g/mol. The van der Waals surface area contributed by atoms with Gasteiger partial charge in [-0.05, 0) is 60.4 Å². The van der Waals surface area contributed by atoms with Crippen LogP contribution in [0.5, 0.6) is 5.75 Å². The van der Waals surface area contributed by atoms with Gasteiger partial charge in [0, 0.05) is 19.5 Å². The third kappa shape index (κ3) is 4.31. The molecule has 2 aromatic rings. The summed E-state index contributed by atoms with van der Waals surface area (Å²) in [5.74, 6) is 0.892. The minimum Gasteiger partial charge on any atom is -0.493 e. The smallest absolute Gasteiger partial charge is 0.240 e. The molecule has 1 atom stereocenters. The number of rotatable bonds is 6. The molecule has 4 rings (SSSR count). The second kappa shape index (κ2) is 8.18. The van der Waals surface area contributed by atoms with Crippen molar-refractivity contribution in [1.29, 1.82) is 0 Å². The molecule has 2 N–H and O–H groups in total. The molecule has 2 heterocycles. The zero-order chi connectivity index (χ0) is 21.4. The monoisotopic (exact) mass is 452 g/mol. The molecule has 2 aromatic carbocycles. The van der Waals surface area contributed by atoms with Crippen LogP contribution in [0.25, 0.3) is 0 Å². The maximum atomic E-state index is 12.6. The van der Waals surface area contributed by atoms with E-state index in [1.54, 1.807) is 12.1 Å². The highest BCUT2D eigenvalue weighted by Gasteiger charge is 2.26. The number of ether oxygens (including phenoxy) is 1. The van der Waals surface area contributed by atoms with Gasteiger partial charge in [0.25, 0.3) is 0 Å². The lowest BCUT2D eigenvalue weighted by molar-refractivity contribution is 0.182. The van der Waals surface area contributed by atoms with E-state index in [4.69, 9.17) is 4.74 Å². The number of hydrogen-bond acceptors (Lipinski definition) is 6. The number of aliphatic hydroxyl groups excluding tert-OH is 1. The van der Waals surface area contributed by atoms with E-state index in [9.17, 15) is 21.9 Å². The molecule has 8 nitrogen and oxygen atoms in total. The van der Waals surface area contributed by atoms with Crippen LogP contribution in [0.3, 0.4) is 0 Å². The van der Waals surface area contributed by atoms with E-state index in [0.29, 0.717) is 30.8 Å². The minimum atomic E-state index is -3.85. The van der Waals surface area contributed by atoms with Crippen LogP contribution in [0, 0.1) is 0 Å². The van der Waals surface area contributed by atoms with Crippen molar-refractivity contribution in [3.8, 4) is 5.75 Å². The summed E-state index contributed by atoms with van der Waals surface area (Å²) in [5.41, 5.74) is 2.07. The first kappa shape index (κ1) is 21.1. The number of fused-ring (bicyclic) bond motifs is 1. The van der Waals surface area contributed by atoms with Crippen LogP contribution in [0.4, 0.5) is 5.69 Å². The van der Waals surface area contributed by atoms with Crippen LogP contribution in [0.15, 0.2) is 47.4 Å². The van der Waals surface area contributed by atoms with E-state index in [0.717, 1.165) is 24.2 Å². The Morgan fingerprint density at radius 2 is 1.90 bits per heavy atom. The number of benzene rings is 2. The normalized spacial score (nSPS) is 19.2. The molecule has 1 fully saturated rings. The number of nitrogens with zero attached hydrogens (tertiary/aromatic N) is 1. The Labute approximate surface area is 176 Å². The van der Waals surface area contributed by atoms with Gasteiger partial charge in [-0.1, -0.05) is 6.07 Å². The Bertz CT molecular complexity index is 1130. The third-order valence-corrected chi connectivity index (χ3v) is 8.66. The van der Waals surface area contributed by atoms with Gasteiger partial charge in [-0.15, -0.1) is 0 Å². The van der Waals surface area contributed by atoms with Gasteiger partial charge in [0.15, 0.2) is 0 Å². The summed E-state index contributed by atoms with van der Waals surface area (Å²) < 4.78 is 58.8. The number of hydrogen-bond donors (Lipinski definition) is 2. The average Bonchev–Trinajstić information content (AvgIpc) is 3.20. The average molecular weight is 453 g/mol. The lowest BCUT2D eigenvalue weighted by atomic mass is 10.0. The molecule has 10 heteroatoms. The fourth-order valence-corrected chi connectivity index (χ4v) is 6.35. The van der Waals surface area contributed by atoms with Crippen molar-refractivity contribution < 1.29 is 26.7 Å². The fraction of sp³-hybridized carbons (Fsp3) is 0.400. The van der Waals surface area contributed by atoms with Gasteiger partial charge in [0.2, 0.25) is 20.0 Å². The molecule has 0 spiro atoms. The number of aliphatic hydroxyl groups is 1. The van der Waals surface area contributed by atoms with E-state index in [2.05, 4.69) is 4.72 Å². The highest BCUT2D eigenvalue weighted by Crippen LogP contribution is 2.28. The fourth-order valence-electron chi connectivity index (χ4n) is 3.67. The van der Waals surface area contributed by atoms with Crippen molar-refractivity contribution >= 4 is 25.7 Å². The van der Waals surface area contributed by atoms with Gasteiger partial charge in [-0.2, -0.15) is 0 Å². The van der Waals surface area contributed by atoms with Crippen molar-refractivity contribution in [3.05, 3.63) is 53.6 Å². The zero-order valence-corrected chi connectivity index (χ0v) is 18.0. The highest BCUT2D eigenvalue weighted by molar-refractivity contribution is 7.92. The number of sulfonamides is 2. The molecule has 0 bridgehead atoms. The molecule has 0 aliphatic carbocycles. The van der Waals surface area contributed by atoms with E-state index in [1.807, 2.05) is 6.07 Å². The maximum Gasteiger partial charge on any atom is 0.240 e. The quantitative estimate of drug-likeness (QED) is 0.688. The topological polar surface area (TPSA) is 113 Å². The Hall–Kier alpha value is -2.14. The first-order chi connectivity index (χ1) is 14.3. The molecule has 0 amide bonds. The molecule has 0 radical (unpaired) electrons. The van der Waals surface area contributed by atoms with Gasteiger partial charge < -0.3 is 9.84 Å². The van der Waals surface area contributed by atoms with Crippen molar-refractivity contribution in [2.45, 2.75) is 30.3 Å². The van der Waals surface area contributed by atoms with Gasteiger partial charge in [-0.25, -0.2) is 21.6 Å². The standard InChI is InChI=1S/C20H24N2O6S2/c23-19(15-3-8-20-16(13-15)9-11-28-20)14-21-30(26,27)18-6-4-17(5-7-18)22-10-1-2-12-29(22,24)25/h3-8,13,19,21,23H,1-2,9-12,14H2. The summed E-state index contributed by atoms with van der Waals surface area (Å²) >= 11 is 0. The zero-order valence-electron chi connectivity index (χ0n) is 16.3. The molecule has 0 saturated carbocycles. The van der Waals surface area contributed by atoms with Crippen LogP contribution in [-0.4, -0.2) is 47.4 Å². The van der Waals surface area contributed by atoms with Gasteiger partial charge in [0.1, 0.15) is 5.75 Å². The second-order valence-corrected chi connectivity index (χ2v) is 11.2. The predicted octanol–water partition coefficient (Wildman–Crippen LogP) is 1.56. The molecule has 30 heavy (non-hydrogen) atoms. The summed E-state index contributed by atoms with van der Waals surface area (Å²) in [6, 6.07) is 11.1. The summed E-state index contributed by atoms with van der Waals surface area (Å²) in [6.45, 7) is 0.825. The summed E-state index contributed by atoms with van der Waals surface area (Å²) in [6.07, 6.45) is 1.17. The predicted molar refractivity (Wildman–Crippen MR) is 113 cm³/mol. The van der Waals surface area contributed by atoms with E-state index in [-0.39, 0.29) is 17.2 Å². The molecule has 1 unspecified atom stereocenters.